The Kier molecular flexibility index (Phi) is 11.0. The van der Waals surface area contributed by atoms with Crippen LogP contribution in [-0.2, 0) is 15.8 Å². The maximum absolute atomic E-state index is 14.1. The van der Waals surface area contributed by atoms with Gasteiger partial charge in [0.25, 0.3) is 0 Å². The van der Waals surface area contributed by atoms with Crippen LogP contribution in [0.15, 0.2) is 42.6 Å². The minimum Gasteiger partial charge on any atom is -0.494 e. The Morgan fingerprint density at radius 1 is 0.837 bits per heavy atom. The molecular weight excluding hydrogens is 647 g/mol. The predicted octanol–water partition coefficient (Wildman–Crippen LogP) is 4.45. The highest BCUT2D eigenvalue weighted by molar-refractivity contribution is 5.74. The second-order valence-corrected chi connectivity index (χ2v) is 11.3. The predicted molar refractivity (Wildman–Crippen MR) is 178 cm³/mol. The number of hydrogen-bond donors (Lipinski definition) is 3. The monoisotopic (exact) mass is 687 g/mol. The van der Waals surface area contributed by atoms with E-state index >= 15 is 0 Å². The first-order chi connectivity index (χ1) is 23.5. The summed E-state index contributed by atoms with van der Waals surface area (Å²) in [6, 6.07) is 10.5. The number of nitrogens with zero attached hydrogens (tertiary/aromatic N) is 6. The molecule has 1 aromatic heterocycles. The lowest BCUT2D eigenvalue weighted by atomic mass is 10.2. The third kappa shape index (κ3) is 8.65. The van der Waals surface area contributed by atoms with Crippen LogP contribution in [0.1, 0.15) is 19.4 Å². The number of alkyl halides is 3. The third-order valence-electron chi connectivity index (χ3n) is 8.19. The Balaban J connectivity index is 1.32. The number of aromatic nitrogens is 2. The molecule has 0 radical (unpaired) electrons. The zero-order valence-electron chi connectivity index (χ0n) is 27.8. The van der Waals surface area contributed by atoms with Crippen LogP contribution in [0, 0.1) is 0 Å². The number of anilines is 6. The van der Waals surface area contributed by atoms with E-state index in [2.05, 4.69) is 35.7 Å². The molecule has 17 heteroatoms. The van der Waals surface area contributed by atoms with Crippen molar-refractivity contribution in [3.63, 3.8) is 0 Å². The minimum absolute atomic E-state index is 0.0364. The third-order valence-corrected chi connectivity index (χ3v) is 8.19. The second kappa shape index (κ2) is 15.4. The summed E-state index contributed by atoms with van der Waals surface area (Å²) in [4.78, 5) is 42.8. The normalized spacial score (nSPS) is 15.4. The summed E-state index contributed by atoms with van der Waals surface area (Å²) in [5.41, 5.74) is 1.34. The Morgan fingerprint density at radius 3 is 1.90 bits per heavy atom. The lowest BCUT2D eigenvalue weighted by molar-refractivity contribution is -0.137. The molecule has 49 heavy (non-hydrogen) atoms. The van der Waals surface area contributed by atoms with Gasteiger partial charge in [-0.05, 0) is 31.2 Å². The van der Waals surface area contributed by atoms with E-state index in [9.17, 15) is 22.8 Å². The topological polar surface area (TPSA) is 137 Å². The standard InChI is InChI=1S/C32H40F3N9O5/c1-5-36-31(46)49-44-16-14-43(15-17-44)23-6-8-25(27(18-23)47-3)38-29-24(32(33,34)35)20-37-30(40-29)39-26-9-7-22(19-28(26)48-4)42-12-10-41(11-13-42)21(2)45/h6-9,18-20H,5,10-17H2,1-4H3,(H,36,46)(H2,37,38,39,40). The van der Waals surface area contributed by atoms with Crippen LogP contribution in [-0.4, -0.2) is 105 Å². The lowest BCUT2D eigenvalue weighted by Gasteiger charge is -2.35. The van der Waals surface area contributed by atoms with Gasteiger partial charge in [-0.2, -0.15) is 18.2 Å². The Hall–Kier alpha value is -5.19. The summed E-state index contributed by atoms with van der Waals surface area (Å²) < 4.78 is 53.4. The van der Waals surface area contributed by atoms with E-state index in [-0.39, 0.29) is 17.5 Å². The van der Waals surface area contributed by atoms with Gasteiger partial charge < -0.3 is 45.0 Å². The highest BCUT2D eigenvalue weighted by Crippen LogP contribution is 2.39. The van der Waals surface area contributed by atoms with E-state index < -0.39 is 23.7 Å². The molecule has 0 aliphatic carbocycles. The van der Waals surface area contributed by atoms with Gasteiger partial charge in [-0.15, -0.1) is 5.06 Å². The number of hydrogen-bond acceptors (Lipinski definition) is 12. The SMILES string of the molecule is CCNC(=O)ON1CCN(c2ccc(Nc3nc(Nc4ccc(N5CCN(C(C)=O)CC5)cc4OC)ncc3C(F)(F)F)c(OC)c2)CC1. The molecule has 5 rings (SSSR count). The number of piperazine rings is 2. The van der Waals surface area contributed by atoms with Gasteiger partial charge in [0.1, 0.15) is 22.9 Å². The summed E-state index contributed by atoms with van der Waals surface area (Å²) in [6.45, 7) is 8.37. The van der Waals surface area contributed by atoms with Crippen molar-refractivity contribution >= 4 is 46.5 Å². The smallest absolute Gasteiger partial charge is 0.426 e. The highest BCUT2D eigenvalue weighted by atomic mass is 19.4. The maximum Gasteiger partial charge on any atom is 0.426 e. The molecule has 2 aliphatic heterocycles. The van der Waals surface area contributed by atoms with Crippen molar-refractivity contribution in [3.05, 3.63) is 48.2 Å². The van der Waals surface area contributed by atoms with Gasteiger partial charge in [0.05, 0.1) is 38.7 Å². The van der Waals surface area contributed by atoms with Crippen molar-refractivity contribution in [3.8, 4) is 11.5 Å². The van der Waals surface area contributed by atoms with E-state index in [1.807, 2.05) is 12.1 Å². The molecule has 0 saturated carbocycles. The number of ether oxygens (including phenoxy) is 2. The molecule has 3 N–H and O–H groups in total. The molecule has 3 aromatic rings. The van der Waals surface area contributed by atoms with Crippen molar-refractivity contribution in [1.82, 2.24) is 25.2 Å². The summed E-state index contributed by atoms with van der Waals surface area (Å²) in [5, 5.41) is 9.94. The average Bonchev–Trinajstić information content (AvgIpc) is 3.08. The second-order valence-electron chi connectivity index (χ2n) is 11.3. The van der Waals surface area contributed by atoms with Gasteiger partial charge in [0, 0.05) is 82.4 Å². The Labute approximate surface area is 282 Å². The zero-order valence-corrected chi connectivity index (χ0v) is 27.8. The van der Waals surface area contributed by atoms with Crippen molar-refractivity contribution < 1.29 is 37.1 Å². The fraction of sp³-hybridized carbons (Fsp3) is 0.438. The van der Waals surface area contributed by atoms with Crippen molar-refractivity contribution in [2.24, 2.45) is 0 Å². The molecule has 3 heterocycles. The van der Waals surface area contributed by atoms with Gasteiger partial charge >= 0.3 is 12.3 Å². The molecule has 0 unspecified atom stereocenters. The fourth-order valence-corrected chi connectivity index (χ4v) is 5.56. The van der Waals surface area contributed by atoms with Crippen LogP contribution in [0.25, 0.3) is 0 Å². The number of hydroxylamine groups is 2. The van der Waals surface area contributed by atoms with Gasteiger partial charge in [-0.3, -0.25) is 4.79 Å². The van der Waals surface area contributed by atoms with Crippen molar-refractivity contribution in [2.75, 3.05) is 93.6 Å². The number of carbonyl (C=O) groups is 2. The summed E-state index contributed by atoms with van der Waals surface area (Å²) >= 11 is 0. The number of amides is 2. The van der Waals surface area contributed by atoms with Gasteiger partial charge in [0.15, 0.2) is 0 Å². The molecule has 2 amide bonds. The van der Waals surface area contributed by atoms with E-state index in [1.54, 1.807) is 48.1 Å². The van der Waals surface area contributed by atoms with Crippen molar-refractivity contribution in [2.45, 2.75) is 20.0 Å². The lowest BCUT2D eigenvalue weighted by Crippen LogP contribution is -2.48. The van der Waals surface area contributed by atoms with Crippen LogP contribution in [0.3, 0.4) is 0 Å². The van der Waals surface area contributed by atoms with Crippen LogP contribution in [0.5, 0.6) is 11.5 Å². The number of methoxy groups -OCH3 is 2. The molecule has 2 fully saturated rings. The Morgan fingerprint density at radius 2 is 1.39 bits per heavy atom. The first-order valence-electron chi connectivity index (χ1n) is 15.8. The van der Waals surface area contributed by atoms with Gasteiger partial charge in [-0.1, -0.05) is 0 Å². The first kappa shape index (κ1) is 35.1. The quantitative estimate of drug-likeness (QED) is 0.278. The van der Waals surface area contributed by atoms with Crippen LogP contribution >= 0.6 is 0 Å². The zero-order chi connectivity index (χ0) is 35.1. The molecule has 0 spiro atoms. The fourth-order valence-electron chi connectivity index (χ4n) is 5.56. The summed E-state index contributed by atoms with van der Waals surface area (Å²) in [5.74, 6) is 0.236. The molecular formula is C32H40F3N9O5. The molecule has 2 aromatic carbocycles. The van der Waals surface area contributed by atoms with E-state index in [0.29, 0.717) is 76.1 Å². The number of carbonyl (C=O) groups excluding carboxylic acids is 2. The van der Waals surface area contributed by atoms with Gasteiger partial charge in [0.2, 0.25) is 11.9 Å². The summed E-state index contributed by atoms with van der Waals surface area (Å²) in [7, 11) is 2.92. The number of rotatable bonds is 10. The molecule has 0 atom stereocenters. The first-order valence-corrected chi connectivity index (χ1v) is 15.8. The van der Waals surface area contributed by atoms with Crippen molar-refractivity contribution in [1.29, 1.82) is 0 Å². The number of nitrogens with one attached hydrogen (secondary N) is 3. The van der Waals surface area contributed by atoms with Crippen LogP contribution < -0.4 is 35.2 Å². The minimum atomic E-state index is -4.74. The highest BCUT2D eigenvalue weighted by Gasteiger charge is 2.36. The largest absolute Gasteiger partial charge is 0.494 e. The van der Waals surface area contributed by atoms with Crippen LogP contribution in [0.2, 0.25) is 0 Å². The molecule has 264 valence electrons. The Bertz CT molecular complexity index is 1630. The number of benzene rings is 2. The average molecular weight is 688 g/mol. The van der Waals surface area contributed by atoms with Crippen LogP contribution in [0.4, 0.5) is 52.5 Å². The van der Waals surface area contributed by atoms with E-state index in [0.717, 1.165) is 17.6 Å². The molecule has 2 saturated heterocycles. The van der Waals surface area contributed by atoms with E-state index in [1.165, 1.54) is 14.2 Å². The molecule has 0 bridgehead atoms. The van der Waals surface area contributed by atoms with Gasteiger partial charge in [-0.25, -0.2) is 9.78 Å². The maximum atomic E-state index is 14.1. The summed E-state index contributed by atoms with van der Waals surface area (Å²) in [6.07, 6.45) is -4.53. The number of halogens is 3. The molecule has 14 nitrogen and oxygen atoms in total. The van der Waals surface area contributed by atoms with E-state index in [4.69, 9.17) is 14.3 Å². The molecule has 2 aliphatic rings.